The Labute approximate surface area is 71.9 Å². The lowest BCUT2D eigenvalue weighted by atomic mass is 10.4. The van der Waals surface area contributed by atoms with Crippen LogP contribution in [0.1, 0.15) is 0 Å². The van der Waals surface area contributed by atoms with Crippen LogP contribution in [0.2, 0.25) is 0 Å². The molecule has 46 valence electrons. The first-order valence-electron chi connectivity index (χ1n) is 2.27. The van der Waals surface area contributed by atoms with E-state index in [0.29, 0.717) is 0 Å². The summed E-state index contributed by atoms with van der Waals surface area (Å²) in [5, 5.41) is 8.45. The molecule has 1 rings (SSSR count). The third-order valence-electron chi connectivity index (χ3n) is 0.774. The van der Waals surface area contributed by atoms with Crippen molar-refractivity contribution in [2.24, 2.45) is 0 Å². The molecule has 0 N–H and O–H groups in total. The van der Waals surface area contributed by atoms with E-state index < -0.39 is 0 Å². The minimum Gasteiger partial charge on any atom is -0.192 e. The fraction of sp³-hybridized carbons (Fsp3) is 0. The Morgan fingerprint density at radius 2 is 2.44 bits per heavy atom. The summed E-state index contributed by atoms with van der Waals surface area (Å²) in [4.78, 5) is 0. The molecule has 0 unspecified atom stereocenters. The van der Waals surface area contributed by atoms with Crippen LogP contribution in [-0.2, 0) is 0 Å². The van der Waals surface area contributed by atoms with Crippen molar-refractivity contribution in [1.29, 1.82) is 5.26 Å². The molecule has 1 aliphatic rings. The van der Waals surface area contributed by atoms with Gasteiger partial charge in [-0.25, -0.2) is 0 Å². The van der Waals surface area contributed by atoms with Gasteiger partial charge in [0.2, 0.25) is 0 Å². The van der Waals surface area contributed by atoms with Crippen molar-refractivity contribution in [2.45, 2.75) is 0 Å². The second kappa shape index (κ2) is 3.28. The quantitative estimate of drug-likeness (QED) is 0.630. The van der Waals surface area contributed by atoms with E-state index in [1.54, 1.807) is 0 Å². The first-order chi connectivity index (χ1) is 4.33. The van der Waals surface area contributed by atoms with Gasteiger partial charge in [0.25, 0.3) is 0 Å². The van der Waals surface area contributed by atoms with Crippen LogP contribution in [0, 0.1) is 11.3 Å². The maximum absolute atomic E-state index is 8.45. The van der Waals surface area contributed by atoms with Gasteiger partial charge in [-0.15, -0.1) is 0 Å². The Kier molecular flexibility index (Phi) is 2.61. The lowest BCUT2D eigenvalue weighted by Crippen LogP contribution is -1.84. The second-order valence-corrected chi connectivity index (χ2v) is 4.81. The summed E-state index contributed by atoms with van der Waals surface area (Å²) in [6, 6.07) is 2.14. The Balaban J connectivity index is 2.95. The summed E-state index contributed by atoms with van der Waals surface area (Å²) in [5.74, 6) is 0. The zero-order chi connectivity index (χ0) is 6.69. The topological polar surface area (TPSA) is 23.8 Å². The molecule has 1 nitrogen and oxygen atoms in total. The Bertz CT molecular complexity index is 244. The molecule has 0 atom stereocenters. The molecule has 9 heavy (non-hydrogen) atoms. The van der Waals surface area contributed by atoms with E-state index in [1.165, 1.54) is 0 Å². The van der Waals surface area contributed by atoms with Crippen LogP contribution in [-0.4, -0.2) is 3.51 Å². The van der Waals surface area contributed by atoms with E-state index in [2.05, 4.69) is 26.1 Å². The molecule has 0 aromatic rings. The standard InChI is InChI=1S/C6H3BrIN/c7-5-1-2-8-6(3-5)4-9/h1-3H. The van der Waals surface area contributed by atoms with Crippen LogP contribution >= 0.6 is 36.7 Å². The van der Waals surface area contributed by atoms with Crippen LogP contribution < -0.4 is 0 Å². The molecule has 1 heterocycles. The normalized spacial score (nSPS) is 16.9. The second-order valence-electron chi connectivity index (χ2n) is 1.39. The van der Waals surface area contributed by atoms with E-state index in [1.807, 2.05) is 12.2 Å². The van der Waals surface area contributed by atoms with Gasteiger partial charge in [0, 0.05) is 4.48 Å². The molecule has 0 aromatic carbocycles. The summed E-state index contributed by atoms with van der Waals surface area (Å²) in [6.07, 6.45) is 3.88. The molecule has 3 heteroatoms. The molecule has 1 aliphatic heterocycles. The fourth-order valence-electron chi connectivity index (χ4n) is 0.417. The SMILES string of the molecule is N#CC1=IC=CC(Br)=C1. The van der Waals surface area contributed by atoms with Crippen LogP contribution in [0.3, 0.4) is 0 Å². The first-order valence-corrected chi connectivity index (χ1v) is 5.39. The van der Waals surface area contributed by atoms with Crippen molar-refractivity contribution >= 4 is 40.2 Å². The largest absolute Gasteiger partial charge is 0.192 e. The lowest BCUT2D eigenvalue weighted by molar-refractivity contribution is 1.56. The highest BCUT2D eigenvalue weighted by atomic mass is 127. The first kappa shape index (κ1) is 7.16. The predicted octanol–water partition coefficient (Wildman–Crippen LogP) is 2.46. The number of allylic oxidation sites excluding steroid dienone is 3. The molecule has 0 aliphatic carbocycles. The maximum Gasteiger partial charge on any atom is 0.105 e. The average Bonchev–Trinajstić information content (AvgIpc) is 1.88. The van der Waals surface area contributed by atoms with Crippen molar-refractivity contribution in [3.63, 3.8) is 0 Å². The summed E-state index contributed by atoms with van der Waals surface area (Å²) in [7, 11) is 0. The van der Waals surface area contributed by atoms with Crippen LogP contribution in [0.4, 0.5) is 0 Å². The summed E-state index contributed by atoms with van der Waals surface area (Å²) in [5.41, 5.74) is 0. The number of nitriles is 1. The number of halogens is 2. The van der Waals surface area contributed by atoms with Crippen LogP contribution in [0.15, 0.2) is 20.7 Å². The number of rotatable bonds is 0. The smallest absolute Gasteiger partial charge is 0.105 e. The predicted molar refractivity (Wildman–Crippen MR) is 50.8 cm³/mol. The molecule has 0 bridgehead atoms. The van der Waals surface area contributed by atoms with Crippen molar-refractivity contribution in [3.8, 4) is 6.07 Å². The van der Waals surface area contributed by atoms with Gasteiger partial charge in [0.05, 0.1) is 3.51 Å². The highest BCUT2D eigenvalue weighted by Gasteiger charge is 1.94. The molecular weight excluding hydrogens is 293 g/mol. The Hall–Kier alpha value is 0.0500. The molecule has 0 spiro atoms. The van der Waals surface area contributed by atoms with E-state index in [9.17, 15) is 0 Å². The van der Waals surface area contributed by atoms with Crippen molar-refractivity contribution in [2.75, 3.05) is 0 Å². The molecular formula is C6H3BrIN. The lowest BCUT2D eigenvalue weighted by Gasteiger charge is -1.92. The zero-order valence-corrected chi connectivity index (χ0v) is 8.18. The highest BCUT2D eigenvalue weighted by Crippen LogP contribution is 2.18. The van der Waals surface area contributed by atoms with Gasteiger partial charge in [0.15, 0.2) is 0 Å². The Morgan fingerprint density at radius 3 is 2.89 bits per heavy atom. The van der Waals surface area contributed by atoms with Crippen molar-refractivity contribution < 1.29 is 0 Å². The molecule has 0 fully saturated rings. The van der Waals surface area contributed by atoms with Crippen LogP contribution in [0.25, 0.3) is 0 Å². The molecule has 0 saturated heterocycles. The third kappa shape index (κ3) is 2.03. The molecule has 0 saturated carbocycles. The van der Waals surface area contributed by atoms with E-state index in [4.69, 9.17) is 5.26 Å². The monoisotopic (exact) mass is 295 g/mol. The minimum atomic E-state index is -0.110. The van der Waals surface area contributed by atoms with E-state index in [0.717, 1.165) is 7.99 Å². The van der Waals surface area contributed by atoms with Gasteiger partial charge < -0.3 is 0 Å². The summed E-state index contributed by atoms with van der Waals surface area (Å²) in [6.45, 7) is 0. The van der Waals surface area contributed by atoms with Crippen molar-refractivity contribution in [1.82, 2.24) is 0 Å². The maximum atomic E-state index is 8.45. The number of hydrogen-bond donors (Lipinski definition) is 0. The number of nitrogens with zero attached hydrogens (tertiary/aromatic N) is 1. The van der Waals surface area contributed by atoms with Gasteiger partial charge in [0.1, 0.15) is 6.07 Å². The summed E-state index contributed by atoms with van der Waals surface area (Å²) < 4.78 is 4.00. The summed E-state index contributed by atoms with van der Waals surface area (Å²) >= 11 is 3.18. The van der Waals surface area contributed by atoms with Gasteiger partial charge >= 0.3 is 0 Å². The van der Waals surface area contributed by atoms with E-state index >= 15 is 0 Å². The zero-order valence-electron chi connectivity index (χ0n) is 4.44. The number of hydrogen-bond acceptors (Lipinski definition) is 1. The van der Waals surface area contributed by atoms with Crippen LogP contribution in [0.5, 0.6) is 0 Å². The molecule has 0 radical (unpaired) electrons. The Morgan fingerprint density at radius 1 is 1.67 bits per heavy atom. The van der Waals surface area contributed by atoms with Crippen molar-refractivity contribution in [3.05, 3.63) is 20.7 Å². The molecule has 0 amide bonds. The van der Waals surface area contributed by atoms with Gasteiger partial charge in [-0.05, 0) is 16.2 Å². The van der Waals surface area contributed by atoms with E-state index in [-0.39, 0.29) is 20.7 Å². The average molecular weight is 296 g/mol. The third-order valence-corrected chi connectivity index (χ3v) is 3.21. The van der Waals surface area contributed by atoms with Gasteiger partial charge in [-0.3, -0.25) is 0 Å². The minimum absolute atomic E-state index is 0.110. The van der Waals surface area contributed by atoms with Gasteiger partial charge in [-0.1, -0.05) is 36.7 Å². The highest BCUT2D eigenvalue weighted by molar-refractivity contribution is 14.2. The molecule has 0 aromatic heterocycles. The van der Waals surface area contributed by atoms with Gasteiger partial charge in [-0.2, -0.15) is 5.26 Å². The fourth-order valence-corrected chi connectivity index (χ4v) is 3.31.